The van der Waals surface area contributed by atoms with Crippen molar-refractivity contribution in [1.29, 1.82) is 0 Å². The Morgan fingerprint density at radius 1 is 1.07 bits per heavy atom. The monoisotopic (exact) mass is 385 g/mol. The number of dihydropyridines is 1. The second-order valence-electron chi connectivity index (χ2n) is 5.98. The van der Waals surface area contributed by atoms with Gasteiger partial charge in [0.1, 0.15) is 0 Å². The van der Waals surface area contributed by atoms with Crippen molar-refractivity contribution >= 4 is 11.9 Å². The van der Waals surface area contributed by atoms with Crippen molar-refractivity contribution in [3.05, 3.63) is 57.9 Å². The molecule has 0 saturated heterocycles. The summed E-state index contributed by atoms with van der Waals surface area (Å²) < 4.78 is 20.6. The number of hydrogen-bond donors (Lipinski definition) is 1. The summed E-state index contributed by atoms with van der Waals surface area (Å²) in [6.45, 7) is 1.71. The molecule has 7 heteroatoms. The first-order valence-corrected chi connectivity index (χ1v) is 8.44. The third-order valence-corrected chi connectivity index (χ3v) is 4.45. The minimum atomic E-state index is -0.874. The van der Waals surface area contributed by atoms with Crippen molar-refractivity contribution in [2.24, 2.45) is 0 Å². The molecule has 1 aliphatic heterocycles. The Labute approximate surface area is 164 Å². The quantitative estimate of drug-likeness (QED) is 0.455. The van der Waals surface area contributed by atoms with Gasteiger partial charge < -0.3 is 24.3 Å². The summed E-state index contributed by atoms with van der Waals surface area (Å²) in [5.74, 6) is 0.572. The van der Waals surface area contributed by atoms with Crippen molar-refractivity contribution in [3.8, 4) is 12.3 Å². The van der Waals surface area contributed by atoms with Crippen LogP contribution in [0.2, 0.25) is 0 Å². The molecular weight excluding hydrogens is 362 g/mol. The van der Waals surface area contributed by atoms with Gasteiger partial charge in [-0.25, -0.2) is 9.59 Å². The van der Waals surface area contributed by atoms with Gasteiger partial charge in [-0.05, 0) is 24.6 Å². The van der Waals surface area contributed by atoms with Crippen LogP contribution < -0.4 is 5.32 Å². The molecule has 0 spiro atoms. The molecule has 7 nitrogen and oxygen atoms in total. The van der Waals surface area contributed by atoms with Crippen LogP contribution in [0.15, 0.2) is 46.8 Å². The summed E-state index contributed by atoms with van der Waals surface area (Å²) in [6.07, 6.45) is 4.65. The number of carbonyl (C=O) groups is 2. The summed E-state index contributed by atoms with van der Waals surface area (Å²) >= 11 is 0. The molecular formula is C21H23NO6. The van der Waals surface area contributed by atoms with Gasteiger partial charge in [-0.3, -0.25) is 0 Å². The van der Waals surface area contributed by atoms with Crippen molar-refractivity contribution in [2.75, 3.05) is 28.4 Å². The SMILES string of the molecule is C#Cc1cccc(C2C(C(=O)OC)=C(C)NC(C(OC)OC)=C2C(=O)OC)c1. The fraction of sp³-hybridized carbons (Fsp3) is 0.333. The van der Waals surface area contributed by atoms with E-state index in [1.165, 1.54) is 28.4 Å². The van der Waals surface area contributed by atoms with E-state index in [-0.39, 0.29) is 11.1 Å². The average Bonchev–Trinajstić information content (AvgIpc) is 2.73. The molecule has 0 saturated carbocycles. The largest absolute Gasteiger partial charge is 0.466 e. The number of terminal acetylenes is 1. The molecule has 1 atom stereocenters. The predicted octanol–water partition coefficient (Wildman–Crippen LogP) is 1.85. The van der Waals surface area contributed by atoms with Crippen LogP contribution in [-0.2, 0) is 28.5 Å². The highest BCUT2D eigenvalue weighted by molar-refractivity contribution is 6.00. The van der Waals surface area contributed by atoms with Crippen LogP contribution >= 0.6 is 0 Å². The predicted molar refractivity (Wildman–Crippen MR) is 102 cm³/mol. The molecule has 0 bridgehead atoms. The number of allylic oxidation sites excluding steroid dienone is 1. The highest BCUT2D eigenvalue weighted by atomic mass is 16.7. The minimum absolute atomic E-state index is 0.177. The smallest absolute Gasteiger partial charge is 0.336 e. The molecule has 2 rings (SSSR count). The van der Waals surface area contributed by atoms with Crippen LogP contribution in [0.5, 0.6) is 0 Å². The number of nitrogens with one attached hydrogen (secondary N) is 1. The minimum Gasteiger partial charge on any atom is -0.466 e. The molecule has 28 heavy (non-hydrogen) atoms. The van der Waals surface area contributed by atoms with Crippen molar-refractivity contribution in [3.63, 3.8) is 0 Å². The molecule has 0 radical (unpaired) electrons. The van der Waals surface area contributed by atoms with Gasteiger partial charge >= 0.3 is 11.9 Å². The molecule has 1 aromatic rings. The lowest BCUT2D eigenvalue weighted by molar-refractivity contribution is -0.137. The number of esters is 2. The fourth-order valence-corrected chi connectivity index (χ4v) is 3.23. The second-order valence-corrected chi connectivity index (χ2v) is 5.98. The standard InChI is InChI=1S/C21H23NO6/c1-7-13-9-8-10-14(11-13)16-15(19(23)25-3)12(2)22-18(21(27-5)28-6)17(16)20(24)26-4/h1,8-11,16,21-22H,2-6H3. The Bertz CT molecular complexity index is 873. The van der Waals surface area contributed by atoms with Crippen LogP contribution in [0, 0.1) is 12.3 Å². The van der Waals surface area contributed by atoms with Crippen LogP contribution in [0.4, 0.5) is 0 Å². The Balaban J connectivity index is 2.83. The van der Waals surface area contributed by atoms with Gasteiger partial charge in [0.25, 0.3) is 0 Å². The lowest BCUT2D eigenvalue weighted by Gasteiger charge is -2.33. The van der Waals surface area contributed by atoms with Crippen molar-refractivity contribution in [2.45, 2.75) is 19.1 Å². The molecule has 148 valence electrons. The first-order valence-electron chi connectivity index (χ1n) is 8.44. The zero-order valence-corrected chi connectivity index (χ0v) is 16.5. The summed E-state index contributed by atoms with van der Waals surface area (Å²) in [5.41, 5.74) is 2.55. The van der Waals surface area contributed by atoms with E-state index >= 15 is 0 Å². The summed E-state index contributed by atoms with van der Waals surface area (Å²) in [4.78, 5) is 25.4. The summed E-state index contributed by atoms with van der Waals surface area (Å²) in [5, 5.41) is 3.04. The van der Waals surface area contributed by atoms with Gasteiger partial charge in [0.2, 0.25) is 0 Å². The lowest BCUT2D eigenvalue weighted by atomic mass is 9.79. The van der Waals surface area contributed by atoms with E-state index < -0.39 is 24.1 Å². The summed E-state index contributed by atoms with van der Waals surface area (Å²) in [6, 6.07) is 7.04. The third kappa shape index (κ3) is 3.93. The number of hydrogen-bond acceptors (Lipinski definition) is 7. The molecule has 1 heterocycles. The number of methoxy groups -OCH3 is 4. The molecule has 0 aromatic heterocycles. The maximum atomic E-state index is 12.8. The number of rotatable bonds is 6. The number of benzene rings is 1. The summed E-state index contributed by atoms with van der Waals surface area (Å²) in [7, 11) is 5.43. The normalized spacial score (nSPS) is 16.5. The van der Waals surface area contributed by atoms with Gasteiger partial charge in [-0.15, -0.1) is 6.42 Å². The van der Waals surface area contributed by atoms with Gasteiger partial charge in [0.05, 0.1) is 37.0 Å². The Kier molecular flexibility index (Phi) is 6.99. The zero-order chi connectivity index (χ0) is 20.8. The number of ether oxygens (including phenoxy) is 4. The fourth-order valence-electron chi connectivity index (χ4n) is 3.23. The Morgan fingerprint density at radius 3 is 2.21 bits per heavy atom. The van der Waals surface area contributed by atoms with E-state index in [1.807, 2.05) is 0 Å². The molecule has 1 unspecified atom stereocenters. The average molecular weight is 385 g/mol. The second kappa shape index (κ2) is 9.22. The van der Waals surface area contributed by atoms with Gasteiger partial charge in [0, 0.05) is 25.5 Å². The first-order chi connectivity index (χ1) is 13.4. The van der Waals surface area contributed by atoms with Crippen molar-refractivity contribution < 1.29 is 28.5 Å². The Hall–Kier alpha value is -3.08. The first kappa shape index (κ1) is 21.2. The van der Waals surface area contributed by atoms with Crippen LogP contribution in [0.25, 0.3) is 0 Å². The topological polar surface area (TPSA) is 83.1 Å². The molecule has 1 aromatic carbocycles. The number of carbonyl (C=O) groups excluding carboxylic acids is 2. The zero-order valence-electron chi connectivity index (χ0n) is 16.5. The van der Waals surface area contributed by atoms with Gasteiger partial charge in [0.15, 0.2) is 6.29 Å². The van der Waals surface area contributed by atoms with Gasteiger partial charge in [-0.1, -0.05) is 18.1 Å². The van der Waals surface area contributed by atoms with E-state index in [2.05, 4.69) is 11.2 Å². The lowest BCUT2D eigenvalue weighted by Crippen LogP contribution is -2.38. The van der Waals surface area contributed by atoms with E-state index in [0.29, 0.717) is 22.5 Å². The Morgan fingerprint density at radius 2 is 1.68 bits per heavy atom. The van der Waals surface area contributed by atoms with Gasteiger partial charge in [-0.2, -0.15) is 0 Å². The molecule has 1 aliphatic rings. The maximum absolute atomic E-state index is 12.8. The van der Waals surface area contributed by atoms with E-state index in [9.17, 15) is 9.59 Å². The van der Waals surface area contributed by atoms with E-state index in [0.717, 1.165) is 0 Å². The molecule has 0 amide bonds. The van der Waals surface area contributed by atoms with Crippen molar-refractivity contribution in [1.82, 2.24) is 5.32 Å². The highest BCUT2D eigenvalue weighted by Gasteiger charge is 2.40. The third-order valence-electron chi connectivity index (χ3n) is 4.45. The molecule has 0 aliphatic carbocycles. The highest BCUT2D eigenvalue weighted by Crippen LogP contribution is 2.40. The van der Waals surface area contributed by atoms with Crippen LogP contribution in [0.1, 0.15) is 24.0 Å². The van der Waals surface area contributed by atoms with Crippen LogP contribution in [0.3, 0.4) is 0 Å². The van der Waals surface area contributed by atoms with E-state index in [1.54, 1.807) is 31.2 Å². The molecule has 1 N–H and O–H groups in total. The van der Waals surface area contributed by atoms with Crippen LogP contribution in [-0.4, -0.2) is 46.7 Å². The van der Waals surface area contributed by atoms with E-state index in [4.69, 9.17) is 25.4 Å². The maximum Gasteiger partial charge on any atom is 0.336 e. The molecule has 0 fully saturated rings.